The average molecular weight is 269 g/mol. The summed E-state index contributed by atoms with van der Waals surface area (Å²) in [4.78, 5) is 23.5. The van der Waals surface area contributed by atoms with Gasteiger partial charge in [0.2, 0.25) is 0 Å². The molecule has 18 heavy (non-hydrogen) atoms. The van der Waals surface area contributed by atoms with Crippen molar-refractivity contribution in [1.82, 2.24) is 19.5 Å². The average Bonchev–Trinajstić information content (AvgIpc) is 2.74. The zero-order chi connectivity index (χ0) is 13.0. The second-order valence-electron chi connectivity index (χ2n) is 3.78. The van der Waals surface area contributed by atoms with Crippen LogP contribution in [0.15, 0.2) is 12.7 Å². The number of carbonyl (C=O) groups excluding carboxylic acids is 1. The molecule has 2 aromatic rings. The molecule has 0 aliphatic heterocycles. The Morgan fingerprint density at radius 2 is 2.28 bits per heavy atom. The smallest absolute Gasteiger partial charge is 0.326 e. The van der Waals surface area contributed by atoms with Gasteiger partial charge in [0.05, 0.1) is 12.9 Å². The van der Waals surface area contributed by atoms with Crippen LogP contribution in [0.3, 0.4) is 0 Å². The first-order chi connectivity index (χ1) is 8.72. The van der Waals surface area contributed by atoms with Crippen LogP contribution in [-0.4, -0.2) is 32.1 Å². The Balaban J connectivity index is 2.08. The van der Waals surface area contributed by atoms with Crippen molar-refractivity contribution in [3.8, 4) is 0 Å². The number of imidazole rings is 1. The molecule has 7 heteroatoms. The maximum atomic E-state index is 11.6. The van der Waals surface area contributed by atoms with Gasteiger partial charge in [0.15, 0.2) is 10.8 Å². The molecule has 0 N–H and O–H groups in total. The molecule has 2 heterocycles. The van der Waals surface area contributed by atoms with Crippen molar-refractivity contribution in [2.45, 2.75) is 26.3 Å². The molecule has 2 rings (SSSR count). The summed E-state index contributed by atoms with van der Waals surface area (Å²) in [5.41, 5.74) is 1.02. The normalized spacial score (nSPS) is 10.8. The van der Waals surface area contributed by atoms with Crippen LogP contribution >= 0.6 is 11.6 Å². The number of hydrogen-bond acceptors (Lipinski definition) is 5. The number of esters is 1. The van der Waals surface area contributed by atoms with Gasteiger partial charge in [-0.25, -0.2) is 15.0 Å². The molecule has 96 valence electrons. The zero-order valence-corrected chi connectivity index (χ0v) is 10.7. The van der Waals surface area contributed by atoms with Crippen LogP contribution in [0.2, 0.25) is 5.15 Å². The van der Waals surface area contributed by atoms with Gasteiger partial charge in [-0.15, -0.1) is 0 Å². The van der Waals surface area contributed by atoms with Crippen molar-refractivity contribution in [3.05, 3.63) is 17.8 Å². The predicted octanol–water partition coefficient (Wildman–Crippen LogP) is 1.82. The van der Waals surface area contributed by atoms with E-state index in [9.17, 15) is 4.79 Å². The van der Waals surface area contributed by atoms with Gasteiger partial charge in [-0.1, -0.05) is 24.9 Å². The van der Waals surface area contributed by atoms with Crippen molar-refractivity contribution in [2.24, 2.45) is 0 Å². The summed E-state index contributed by atoms with van der Waals surface area (Å²) >= 11 is 5.87. The third-order valence-electron chi connectivity index (χ3n) is 2.42. The summed E-state index contributed by atoms with van der Waals surface area (Å²) in [6, 6.07) is 0. The zero-order valence-electron chi connectivity index (χ0n) is 9.97. The largest absolute Gasteiger partial charge is 0.464 e. The van der Waals surface area contributed by atoms with Crippen LogP contribution in [0.4, 0.5) is 0 Å². The predicted molar refractivity (Wildman–Crippen MR) is 66.2 cm³/mol. The van der Waals surface area contributed by atoms with E-state index in [4.69, 9.17) is 16.3 Å². The van der Waals surface area contributed by atoms with Crippen LogP contribution in [0.1, 0.15) is 19.8 Å². The number of halogens is 1. The van der Waals surface area contributed by atoms with Gasteiger partial charge in [0, 0.05) is 0 Å². The van der Waals surface area contributed by atoms with E-state index in [0.29, 0.717) is 17.8 Å². The highest BCUT2D eigenvalue weighted by Gasteiger charge is 2.11. The van der Waals surface area contributed by atoms with Crippen molar-refractivity contribution in [2.75, 3.05) is 6.61 Å². The number of hydrogen-bond donors (Lipinski definition) is 0. The fourth-order valence-corrected chi connectivity index (χ4v) is 1.66. The van der Waals surface area contributed by atoms with Gasteiger partial charge >= 0.3 is 5.97 Å². The molecule has 0 radical (unpaired) electrons. The van der Waals surface area contributed by atoms with Crippen LogP contribution < -0.4 is 0 Å². The van der Waals surface area contributed by atoms with Crippen molar-refractivity contribution in [3.63, 3.8) is 0 Å². The monoisotopic (exact) mass is 268 g/mol. The first-order valence-corrected chi connectivity index (χ1v) is 6.07. The van der Waals surface area contributed by atoms with Crippen molar-refractivity contribution < 1.29 is 9.53 Å². The fraction of sp³-hybridized carbons (Fsp3) is 0.455. The lowest BCUT2D eigenvalue weighted by Gasteiger charge is -2.04. The third kappa shape index (κ3) is 2.76. The van der Waals surface area contributed by atoms with E-state index >= 15 is 0 Å². The van der Waals surface area contributed by atoms with E-state index < -0.39 is 0 Å². The summed E-state index contributed by atoms with van der Waals surface area (Å²) in [5.74, 6) is -0.308. The topological polar surface area (TPSA) is 69.9 Å². The lowest BCUT2D eigenvalue weighted by Crippen LogP contribution is -2.13. The lowest BCUT2D eigenvalue weighted by atomic mass is 10.4. The Labute approximate surface area is 109 Å². The van der Waals surface area contributed by atoms with Crippen molar-refractivity contribution in [1.29, 1.82) is 0 Å². The second kappa shape index (κ2) is 5.77. The SMILES string of the molecule is CCCCOC(=O)Cn1cnc2c(Cl)ncnc21. The molecule has 0 atom stereocenters. The number of fused-ring (bicyclic) bond motifs is 1. The van der Waals surface area contributed by atoms with E-state index in [-0.39, 0.29) is 17.7 Å². The molecule has 0 aliphatic carbocycles. The summed E-state index contributed by atoms with van der Waals surface area (Å²) in [5, 5.41) is 0.276. The molecule has 0 unspecified atom stereocenters. The summed E-state index contributed by atoms with van der Waals surface area (Å²) < 4.78 is 6.67. The van der Waals surface area contributed by atoms with Crippen LogP contribution in [-0.2, 0) is 16.1 Å². The molecule has 0 aliphatic rings. The summed E-state index contributed by atoms with van der Waals surface area (Å²) in [6.45, 7) is 2.56. The number of ether oxygens (including phenoxy) is 1. The highest BCUT2D eigenvalue weighted by molar-refractivity contribution is 6.33. The first kappa shape index (κ1) is 12.8. The van der Waals surface area contributed by atoms with E-state index in [0.717, 1.165) is 12.8 Å². The molecule has 2 aromatic heterocycles. The molecule has 0 amide bonds. The third-order valence-corrected chi connectivity index (χ3v) is 2.69. The van der Waals surface area contributed by atoms with Gasteiger partial charge in [0.25, 0.3) is 0 Å². The molecular weight excluding hydrogens is 256 g/mol. The van der Waals surface area contributed by atoms with Gasteiger partial charge in [0.1, 0.15) is 18.4 Å². The maximum Gasteiger partial charge on any atom is 0.326 e. The lowest BCUT2D eigenvalue weighted by molar-refractivity contribution is -0.144. The molecule has 0 saturated heterocycles. The van der Waals surface area contributed by atoms with Crippen molar-refractivity contribution >= 4 is 28.7 Å². The van der Waals surface area contributed by atoms with Gasteiger partial charge in [-0.3, -0.25) is 4.79 Å². The molecule has 6 nitrogen and oxygen atoms in total. The molecule has 0 saturated carbocycles. The highest BCUT2D eigenvalue weighted by Crippen LogP contribution is 2.16. The van der Waals surface area contributed by atoms with Crippen LogP contribution in [0, 0.1) is 0 Å². The Bertz CT molecular complexity index is 555. The van der Waals surface area contributed by atoms with Gasteiger partial charge in [-0.05, 0) is 6.42 Å². The molecule has 0 aromatic carbocycles. The minimum atomic E-state index is -0.308. The standard InChI is InChI=1S/C11H13ClN4O2/c1-2-3-4-18-8(17)5-16-7-15-9-10(12)13-6-14-11(9)16/h6-7H,2-5H2,1H3. The number of aromatic nitrogens is 4. The van der Waals surface area contributed by atoms with E-state index in [1.54, 1.807) is 4.57 Å². The Hall–Kier alpha value is -1.69. The Morgan fingerprint density at radius 3 is 3.06 bits per heavy atom. The first-order valence-electron chi connectivity index (χ1n) is 5.69. The number of unbranched alkanes of at least 4 members (excludes halogenated alkanes) is 1. The Morgan fingerprint density at radius 1 is 1.44 bits per heavy atom. The highest BCUT2D eigenvalue weighted by atomic mass is 35.5. The molecule has 0 fully saturated rings. The summed E-state index contributed by atoms with van der Waals surface area (Å²) in [7, 11) is 0. The van der Waals surface area contributed by atoms with Crippen LogP contribution in [0.5, 0.6) is 0 Å². The minimum absolute atomic E-state index is 0.0769. The second-order valence-corrected chi connectivity index (χ2v) is 4.14. The van der Waals surface area contributed by atoms with E-state index in [2.05, 4.69) is 15.0 Å². The number of rotatable bonds is 5. The molecule has 0 spiro atoms. The van der Waals surface area contributed by atoms with E-state index in [1.807, 2.05) is 6.92 Å². The fourth-order valence-electron chi connectivity index (χ4n) is 1.48. The van der Waals surface area contributed by atoms with Gasteiger partial charge in [-0.2, -0.15) is 0 Å². The molecular formula is C11H13ClN4O2. The number of carbonyl (C=O) groups is 1. The van der Waals surface area contributed by atoms with E-state index in [1.165, 1.54) is 12.7 Å². The number of nitrogens with zero attached hydrogens (tertiary/aromatic N) is 4. The molecule has 0 bridgehead atoms. The quantitative estimate of drug-likeness (QED) is 0.470. The van der Waals surface area contributed by atoms with Crippen LogP contribution in [0.25, 0.3) is 11.2 Å². The maximum absolute atomic E-state index is 11.6. The van der Waals surface area contributed by atoms with Gasteiger partial charge < -0.3 is 9.30 Å². The Kier molecular flexibility index (Phi) is 4.09. The summed E-state index contributed by atoms with van der Waals surface area (Å²) in [6.07, 6.45) is 4.70. The minimum Gasteiger partial charge on any atom is -0.464 e.